The van der Waals surface area contributed by atoms with Gasteiger partial charge in [0.1, 0.15) is 17.3 Å². The van der Waals surface area contributed by atoms with Gasteiger partial charge in [-0.05, 0) is 438 Å². The molecule has 0 radical (unpaired) electrons. The van der Waals surface area contributed by atoms with E-state index in [1.807, 2.05) is 0 Å². The molecule has 0 amide bonds. The lowest BCUT2D eigenvalue weighted by Gasteiger charge is -2.46. The molecular weight excluding hydrogens is 1690 g/mol. The molecule has 20 aliphatic rings. The van der Waals surface area contributed by atoms with Crippen LogP contribution in [0.3, 0.4) is 0 Å². The van der Waals surface area contributed by atoms with Gasteiger partial charge in [-0.3, -0.25) is 14.4 Å². The van der Waals surface area contributed by atoms with Crippen molar-refractivity contribution in [1.29, 1.82) is 5.26 Å². The summed E-state index contributed by atoms with van der Waals surface area (Å²) in [4.78, 5) is 33.9. The maximum Gasteiger partial charge on any atom is 0.132 e. The van der Waals surface area contributed by atoms with E-state index in [1.165, 1.54) is 514 Å². The molecule has 2 unspecified atom stereocenters. The molecule has 0 aromatic rings. The third-order valence-corrected chi connectivity index (χ3v) is 43.8. The predicted molar refractivity (Wildman–Crippen MR) is 569 cm³/mol. The molecule has 20 rings (SSSR count). The Kier molecular flexibility index (Phi) is 52.7. The molecule has 20 aliphatic carbocycles. The molecule has 2 atom stereocenters. The van der Waals surface area contributed by atoms with E-state index in [0.717, 1.165) is 81.8 Å². The first kappa shape index (κ1) is 117. The van der Waals surface area contributed by atoms with Crippen LogP contribution in [0.15, 0.2) is 0 Å². The SMILES string of the molecule is CC(=O)C1CCC2(CCCCC2)CC1.CC(Cl)C1CCC2(CCCCC2)CC1.CC1(C)CCC2(CCCCC2)CC1.CC1CCC2(CCCCC2)CC1.CC1CCC2(CCCCC2)CC1.ClC1CCCC2(CCCCC2)CC1.N#CC1CCC2(CCCCC2)CC1.O=C1CCCC2(CCCCC2)CC1.O=C1CCCC2(CCCCC2)CC1.[Cl-].[NH2-].[NH2-].[NH3+]CC1CCC2(CCCCC2)CC1. The third kappa shape index (κ3) is 39.3. The van der Waals surface area contributed by atoms with Crippen molar-refractivity contribution in [3.63, 3.8) is 0 Å². The Bertz CT molecular complexity index is 3010. The maximum absolute atomic E-state index is 11.3. The van der Waals surface area contributed by atoms with Crippen molar-refractivity contribution in [2.45, 2.75) is 649 Å². The summed E-state index contributed by atoms with van der Waals surface area (Å²) in [6.45, 7) is 14.9. The molecule has 0 aromatic heterocycles. The summed E-state index contributed by atoms with van der Waals surface area (Å²) in [6.07, 6.45) is 132. The Balaban J connectivity index is 0.000000182. The third-order valence-electron chi connectivity index (χ3n) is 43.0. The van der Waals surface area contributed by atoms with Crippen LogP contribution < -0.4 is 18.1 Å². The quantitative estimate of drug-likeness (QED) is 0.278. The molecule has 7 N–H and O–H groups in total. The first-order valence-electron chi connectivity index (χ1n) is 59.8. The normalized spacial score (nSPS) is 29.4. The number of hydrogen-bond acceptors (Lipinski definition) is 4. The van der Waals surface area contributed by atoms with Gasteiger partial charge in [-0.1, -0.05) is 252 Å². The smallest absolute Gasteiger partial charge is 0.132 e. The maximum atomic E-state index is 11.3. The van der Waals surface area contributed by atoms with Crippen LogP contribution in [0.1, 0.15) is 639 Å². The van der Waals surface area contributed by atoms with Gasteiger partial charge in [-0.15, -0.1) is 23.2 Å². The number of carbonyl (C=O) groups is 3. The summed E-state index contributed by atoms with van der Waals surface area (Å²) >= 11 is 12.4. The average molecular weight is 1910 g/mol. The van der Waals surface area contributed by atoms with Crippen LogP contribution in [0.4, 0.5) is 0 Å². The van der Waals surface area contributed by atoms with Crippen molar-refractivity contribution in [2.75, 3.05) is 6.54 Å². The van der Waals surface area contributed by atoms with E-state index < -0.39 is 0 Å². The summed E-state index contributed by atoms with van der Waals surface area (Å²) in [7, 11) is 0. The number of ketones is 3. The molecule has 0 aliphatic heterocycles. The first-order valence-corrected chi connectivity index (χ1v) is 60.7. The Morgan fingerprint density at radius 1 is 0.316 bits per heavy atom. The number of nitriles is 1. The first-order chi connectivity index (χ1) is 62.8. The highest BCUT2D eigenvalue weighted by Gasteiger charge is 2.45. The van der Waals surface area contributed by atoms with Crippen LogP contribution in [0.2, 0.25) is 0 Å². The predicted octanol–water partition coefficient (Wildman–Crippen LogP) is 37.2. The monoisotopic (exact) mass is 1910 g/mol. The van der Waals surface area contributed by atoms with Crippen LogP contribution in [-0.2, 0) is 14.4 Å². The van der Waals surface area contributed by atoms with Gasteiger partial charge in [0.2, 0.25) is 0 Å². The number of Topliss-reactive ketones (excluding diaryl/α,β-unsaturated/α-hetero) is 3. The Labute approximate surface area is 841 Å². The fourth-order valence-electron chi connectivity index (χ4n) is 32.6. The molecule has 20 fully saturated rings. The summed E-state index contributed by atoms with van der Waals surface area (Å²) in [5, 5.41) is 9.71. The molecule has 133 heavy (non-hydrogen) atoms. The van der Waals surface area contributed by atoms with E-state index in [4.69, 9.17) is 28.5 Å². The van der Waals surface area contributed by atoms with Crippen LogP contribution in [0.25, 0.3) is 12.3 Å². The molecule has 0 bridgehead atoms. The van der Waals surface area contributed by atoms with Gasteiger partial charge in [0.25, 0.3) is 0 Å². The van der Waals surface area contributed by atoms with Crippen molar-refractivity contribution < 1.29 is 32.5 Å². The highest BCUT2D eigenvalue weighted by atomic mass is 35.5. The summed E-state index contributed by atoms with van der Waals surface area (Å²) in [5.41, 5.74) is 12.1. The van der Waals surface area contributed by atoms with Gasteiger partial charge in [0.05, 0.1) is 12.6 Å². The second kappa shape index (κ2) is 59.6. The molecule has 10 spiro atoms. The molecular formula is C123H221Cl3N4O3-2. The number of alkyl halides is 2. The number of halogens is 3. The van der Waals surface area contributed by atoms with E-state index >= 15 is 0 Å². The standard InChI is InChI=1S/C13H23Cl.C13H22O.C13H24.C12H21Cl.C12H23N.C12H19N.2C12H20O.2C12H22.ClH.2H2N/c2*1-11(14)12-5-9-13(10-6-12)7-3-2-4-8-13;1-12(2)8-10-13(11-9-12)6-4-3-5-7-13;13-11-5-4-9-12(10-6-11)7-2-1-3-8-12;2*13-10-11-4-8-12(9-5-11)6-2-1-3-7-12;2*13-11-5-4-9-12(10-6-11)7-2-1-3-8-12;2*1-11-5-9-12(10-6-11)7-3-2-4-8-12;;;/h11-12H,2-10H2,1H3;12H,2-10H2,1H3;3-11H2,1-2H3;11H,1-10H2;11H,1-10,13H2;11H,1-9H2;2*1-10H2;2*11H,2-10H2,1H3;1H;2*1H2/q;;;;;;;;;;;2*-1. The molecule has 0 saturated heterocycles. The topological polar surface area (TPSA) is 170 Å². The minimum absolute atomic E-state index is 0. The fourth-order valence-corrected chi connectivity index (χ4v) is 33.1. The molecule has 7 nitrogen and oxygen atoms in total. The second-order valence-corrected chi connectivity index (χ2v) is 54.3. The van der Waals surface area contributed by atoms with Gasteiger partial charge in [0, 0.05) is 54.2 Å². The Morgan fingerprint density at radius 3 is 0.827 bits per heavy atom. The molecule has 20 saturated carbocycles. The Hall–Kier alpha value is -0.750. The number of quaternary nitrogens is 1. The zero-order valence-corrected chi connectivity index (χ0v) is 91.5. The van der Waals surface area contributed by atoms with E-state index in [0.29, 0.717) is 67.0 Å². The lowest BCUT2D eigenvalue weighted by atomic mass is 9.60. The molecule has 0 aromatic carbocycles. The number of nitrogens with zero attached hydrogens (tertiary/aromatic N) is 1. The van der Waals surface area contributed by atoms with Crippen molar-refractivity contribution in [3.8, 4) is 6.07 Å². The molecule has 774 valence electrons. The van der Waals surface area contributed by atoms with Gasteiger partial charge in [0.15, 0.2) is 0 Å². The van der Waals surface area contributed by atoms with Gasteiger partial charge < -0.3 is 30.4 Å². The minimum Gasteiger partial charge on any atom is -1.00 e. The van der Waals surface area contributed by atoms with Crippen LogP contribution in [0, 0.1) is 106 Å². The van der Waals surface area contributed by atoms with E-state index in [-0.39, 0.29) is 24.7 Å². The molecule has 0 heterocycles. The van der Waals surface area contributed by atoms with Crippen molar-refractivity contribution >= 4 is 40.6 Å². The summed E-state index contributed by atoms with van der Waals surface area (Å²) < 4.78 is 0. The van der Waals surface area contributed by atoms with E-state index in [9.17, 15) is 14.4 Å². The zero-order chi connectivity index (χ0) is 92.0. The van der Waals surface area contributed by atoms with Gasteiger partial charge in [-0.25, -0.2) is 0 Å². The minimum atomic E-state index is 0. The fraction of sp³-hybridized carbons (Fsp3) is 0.967. The van der Waals surface area contributed by atoms with Crippen molar-refractivity contribution in [2.24, 2.45) is 95.1 Å². The molecule has 10 heteroatoms. The van der Waals surface area contributed by atoms with Gasteiger partial charge >= 0.3 is 0 Å². The Morgan fingerprint density at radius 2 is 0.549 bits per heavy atom. The number of nitrogens with two attached hydrogens (primary N) is 2. The van der Waals surface area contributed by atoms with Crippen LogP contribution >= 0.6 is 23.2 Å². The number of carbonyl (C=O) groups excluding carboxylic acids is 3. The second-order valence-electron chi connectivity index (χ2n) is 53.0. The highest BCUT2D eigenvalue weighted by molar-refractivity contribution is 6.20. The van der Waals surface area contributed by atoms with Crippen molar-refractivity contribution in [3.05, 3.63) is 12.3 Å². The largest absolute Gasteiger partial charge is 1.00 e. The van der Waals surface area contributed by atoms with E-state index in [2.05, 4.69) is 46.4 Å². The highest BCUT2D eigenvalue weighted by Crippen LogP contribution is 2.58. The average Bonchev–Trinajstić information content (AvgIpc) is 1.47. The van der Waals surface area contributed by atoms with E-state index in [1.54, 1.807) is 71.1 Å². The van der Waals surface area contributed by atoms with Gasteiger partial charge in [-0.2, -0.15) is 5.26 Å². The number of rotatable bonds is 3. The lowest BCUT2D eigenvalue weighted by molar-refractivity contribution is -0.381. The zero-order valence-electron chi connectivity index (χ0n) is 89.3. The van der Waals surface area contributed by atoms with Crippen molar-refractivity contribution in [1.82, 2.24) is 0 Å². The van der Waals surface area contributed by atoms with Crippen LogP contribution in [-0.4, -0.2) is 34.6 Å². The number of hydrogen-bond donors (Lipinski definition) is 1. The van der Waals surface area contributed by atoms with Crippen LogP contribution in [0.5, 0.6) is 0 Å². The summed E-state index contributed by atoms with van der Waals surface area (Å²) in [6, 6.07) is 2.43. The summed E-state index contributed by atoms with van der Waals surface area (Å²) in [5.74, 6) is 6.07. The lowest BCUT2D eigenvalue weighted by Crippen LogP contribution is -3.00.